The van der Waals surface area contributed by atoms with Crippen LogP contribution in [0.1, 0.15) is 33.3 Å². The van der Waals surface area contributed by atoms with Gasteiger partial charge >= 0.3 is 5.97 Å². The normalized spacial score (nSPS) is 15.7. The number of ether oxygens (including phenoxy) is 3. The number of fused-ring (bicyclic) bond motifs is 1. The number of rotatable bonds is 4. The van der Waals surface area contributed by atoms with Crippen molar-refractivity contribution < 1.29 is 19.0 Å². The number of esters is 1. The maximum atomic E-state index is 11.5. The molecule has 3 heterocycles. The van der Waals surface area contributed by atoms with Crippen LogP contribution in [0.3, 0.4) is 0 Å². The van der Waals surface area contributed by atoms with Gasteiger partial charge in [0.05, 0.1) is 13.3 Å². The minimum atomic E-state index is -0.419. The number of pyridine rings is 1. The second-order valence-corrected chi connectivity index (χ2v) is 6.78. The number of carbonyl (C=O) groups is 1. The van der Waals surface area contributed by atoms with Gasteiger partial charge in [-0.3, -0.25) is 4.98 Å². The van der Waals surface area contributed by atoms with E-state index in [-0.39, 0.29) is 6.10 Å². The van der Waals surface area contributed by atoms with Crippen molar-refractivity contribution in [3.05, 3.63) is 64.9 Å². The summed E-state index contributed by atoms with van der Waals surface area (Å²) < 4.78 is 16.5. The summed E-state index contributed by atoms with van der Waals surface area (Å²) in [5.74, 6) is 1.10. The highest BCUT2D eigenvalue weighted by Crippen LogP contribution is 2.37. The van der Waals surface area contributed by atoms with Crippen LogP contribution in [0.25, 0.3) is 0 Å². The first-order valence-corrected chi connectivity index (χ1v) is 8.96. The van der Waals surface area contributed by atoms with E-state index in [1.165, 1.54) is 13.3 Å². The number of methoxy groups -OCH3 is 1. The highest BCUT2D eigenvalue weighted by atomic mass is 32.1. The van der Waals surface area contributed by atoms with Gasteiger partial charge in [-0.2, -0.15) is 0 Å². The summed E-state index contributed by atoms with van der Waals surface area (Å²) in [5, 5.41) is 0.398. The first kappa shape index (κ1) is 16.5. The van der Waals surface area contributed by atoms with Crippen molar-refractivity contribution in [3.8, 4) is 16.7 Å². The number of benzene rings is 1. The number of hydrogen-bond acceptors (Lipinski definition) is 7. The number of hydrogen-bond donors (Lipinski definition) is 0. The van der Waals surface area contributed by atoms with E-state index in [2.05, 4.69) is 14.7 Å². The van der Waals surface area contributed by atoms with Gasteiger partial charge < -0.3 is 14.2 Å². The molecule has 0 bridgehead atoms. The van der Waals surface area contributed by atoms with Crippen molar-refractivity contribution in [3.63, 3.8) is 0 Å². The number of thiazole rings is 1. The molecule has 0 spiro atoms. The largest absolute Gasteiger partial charge is 0.485 e. The van der Waals surface area contributed by atoms with Crippen molar-refractivity contribution >= 4 is 17.3 Å². The van der Waals surface area contributed by atoms with E-state index in [1.54, 1.807) is 6.20 Å². The molecule has 1 unspecified atom stereocenters. The summed E-state index contributed by atoms with van der Waals surface area (Å²) >= 11 is 1.15. The van der Waals surface area contributed by atoms with Crippen LogP contribution < -0.4 is 9.47 Å². The standard InChI is InChI=1S/C19H16N2O4S/c1-23-18(22)17-11-21-19(26-17)24-14-5-7-15-12(9-14)4-6-16(25-15)13-3-2-8-20-10-13/h2-3,5,7-11,16H,4,6H2,1H3. The second-order valence-electron chi connectivity index (χ2n) is 5.79. The Labute approximate surface area is 154 Å². The molecule has 2 aromatic heterocycles. The van der Waals surface area contributed by atoms with Crippen LogP contribution in [-0.2, 0) is 11.2 Å². The van der Waals surface area contributed by atoms with Crippen molar-refractivity contribution in [2.45, 2.75) is 18.9 Å². The molecule has 3 aromatic rings. The molecule has 0 radical (unpaired) electrons. The molecule has 0 N–H and O–H groups in total. The molecule has 1 atom stereocenters. The molecule has 4 rings (SSSR count). The van der Waals surface area contributed by atoms with E-state index in [4.69, 9.17) is 9.47 Å². The molecule has 132 valence electrons. The lowest BCUT2D eigenvalue weighted by atomic mass is 9.98. The summed E-state index contributed by atoms with van der Waals surface area (Å²) in [6, 6.07) is 9.64. The summed E-state index contributed by atoms with van der Waals surface area (Å²) in [6.07, 6.45) is 6.84. The van der Waals surface area contributed by atoms with Crippen LogP contribution in [0.5, 0.6) is 16.7 Å². The summed E-state index contributed by atoms with van der Waals surface area (Å²) in [4.78, 5) is 20.2. The molecular formula is C19H16N2O4S. The van der Waals surface area contributed by atoms with E-state index in [9.17, 15) is 4.79 Å². The molecular weight excluding hydrogens is 352 g/mol. The fourth-order valence-corrected chi connectivity index (χ4v) is 3.53. The Morgan fingerprint density at radius 3 is 3.04 bits per heavy atom. The SMILES string of the molecule is COC(=O)c1cnc(Oc2ccc3c(c2)CCC(c2cccnc2)O3)s1. The van der Waals surface area contributed by atoms with E-state index < -0.39 is 5.97 Å². The number of aryl methyl sites for hydroxylation is 1. The van der Waals surface area contributed by atoms with Crippen LogP contribution >= 0.6 is 11.3 Å². The average Bonchev–Trinajstić information content (AvgIpc) is 3.16. The van der Waals surface area contributed by atoms with Gasteiger partial charge in [-0.25, -0.2) is 9.78 Å². The summed E-state index contributed by atoms with van der Waals surface area (Å²) in [6.45, 7) is 0. The quantitative estimate of drug-likeness (QED) is 0.643. The van der Waals surface area contributed by atoms with Gasteiger partial charge in [-0.05, 0) is 42.7 Å². The molecule has 1 aliphatic rings. The van der Waals surface area contributed by atoms with Crippen LogP contribution in [-0.4, -0.2) is 23.0 Å². The Morgan fingerprint density at radius 2 is 2.23 bits per heavy atom. The first-order valence-electron chi connectivity index (χ1n) is 8.14. The summed E-state index contributed by atoms with van der Waals surface area (Å²) in [5.41, 5.74) is 2.17. The van der Waals surface area contributed by atoms with Gasteiger partial charge in [0.15, 0.2) is 0 Å². The minimum absolute atomic E-state index is 0.0181. The lowest BCUT2D eigenvalue weighted by Crippen LogP contribution is -2.15. The molecule has 1 aliphatic heterocycles. The smallest absolute Gasteiger partial charge is 0.349 e. The van der Waals surface area contributed by atoms with Gasteiger partial charge in [0, 0.05) is 18.0 Å². The predicted octanol–water partition coefficient (Wildman–Crippen LogP) is 4.18. The van der Waals surface area contributed by atoms with Gasteiger partial charge in [0.2, 0.25) is 0 Å². The molecule has 0 saturated carbocycles. The Bertz CT molecular complexity index is 926. The fraction of sp³-hybridized carbons (Fsp3) is 0.211. The zero-order valence-corrected chi connectivity index (χ0v) is 14.9. The number of nitrogens with zero attached hydrogens (tertiary/aromatic N) is 2. The summed E-state index contributed by atoms with van der Waals surface area (Å²) in [7, 11) is 1.34. The molecule has 0 aliphatic carbocycles. The van der Waals surface area contributed by atoms with E-state index >= 15 is 0 Å². The highest BCUT2D eigenvalue weighted by Gasteiger charge is 2.22. The predicted molar refractivity (Wildman–Crippen MR) is 95.9 cm³/mol. The molecule has 0 saturated heterocycles. The molecule has 7 heteroatoms. The maximum Gasteiger partial charge on any atom is 0.349 e. The molecule has 6 nitrogen and oxygen atoms in total. The Balaban J connectivity index is 1.48. The van der Waals surface area contributed by atoms with Crippen molar-refractivity contribution in [1.29, 1.82) is 0 Å². The van der Waals surface area contributed by atoms with Crippen molar-refractivity contribution in [2.24, 2.45) is 0 Å². The lowest BCUT2D eigenvalue weighted by Gasteiger charge is -2.26. The van der Waals surface area contributed by atoms with Gasteiger partial charge in [-0.15, -0.1) is 0 Å². The topological polar surface area (TPSA) is 70.5 Å². The molecule has 1 aromatic carbocycles. The van der Waals surface area contributed by atoms with Crippen LogP contribution in [0.2, 0.25) is 0 Å². The van der Waals surface area contributed by atoms with Gasteiger partial charge in [0.25, 0.3) is 5.19 Å². The molecule has 26 heavy (non-hydrogen) atoms. The van der Waals surface area contributed by atoms with Crippen LogP contribution in [0.4, 0.5) is 0 Å². The zero-order chi connectivity index (χ0) is 17.9. The Morgan fingerprint density at radius 1 is 1.31 bits per heavy atom. The fourth-order valence-electron chi connectivity index (χ4n) is 2.83. The monoisotopic (exact) mass is 368 g/mol. The third kappa shape index (κ3) is 3.39. The van der Waals surface area contributed by atoms with E-state index in [0.717, 1.165) is 41.1 Å². The number of aromatic nitrogens is 2. The van der Waals surface area contributed by atoms with Crippen LogP contribution in [0.15, 0.2) is 48.9 Å². The Kier molecular flexibility index (Phi) is 4.53. The second kappa shape index (κ2) is 7.13. The lowest BCUT2D eigenvalue weighted by molar-refractivity contribution is 0.0606. The van der Waals surface area contributed by atoms with E-state index in [0.29, 0.717) is 15.8 Å². The van der Waals surface area contributed by atoms with Crippen LogP contribution in [0, 0.1) is 0 Å². The third-order valence-electron chi connectivity index (χ3n) is 4.11. The third-order valence-corrected chi connectivity index (χ3v) is 4.96. The number of carbonyl (C=O) groups excluding carboxylic acids is 1. The van der Waals surface area contributed by atoms with Gasteiger partial charge in [0.1, 0.15) is 22.5 Å². The highest BCUT2D eigenvalue weighted by molar-refractivity contribution is 7.15. The first-order chi connectivity index (χ1) is 12.7. The average molecular weight is 368 g/mol. The van der Waals surface area contributed by atoms with E-state index in [1.807, 2.05) is 36.5 Å². The maximum absolute atomic E-state index is 11.5. The van der Waals surface area contributed by atoms with Crippen molar-refractivity contribution in [1.82, 2.24) is 9.97 Å². The molecule has 0 amide bonds. The zero-order valence-electron chi connectivity index (χ0n) is 14.0. The van der Waals surface area contributed by atoms with Crippen molar-refractivity contribution in [2.75, 3.05) is 7.11 Å². The molecule has 0 fully saturated rings. The van der Waals surface area contributed by atoms with Gasteiger partial charge in [-0.1, -0.05) is 17.4 Å². The minimum Gasteiger partial charge on any atom is -0.485 e. The Hall–Kier alpha value is -2.93.